The highest BCUT2D eigenvalue weighted by atomic mass is 15.4. The van der Waals surface area contributed by atoms with E-state index in [2.05, 4.69) is 128 Å². The van der Waals surface area contributed by atoms with E-state index in [9.17, 15) is 0 Å². The van der Waals surface area contributed by atoms with Crippen molar-refractivity contribution >= 4 is 11.1 Å². The highest BCUT2D eigenvalue weighted by molar-refractivity contribution is 5.97. The van der Waals surface area contributed by atoms with Gasteiger partial charge in [0.15, 0.2) is 0 Å². The molecule has 180 valence electrons. The van der Waals surface area contributed by atoms with Crippen LogP contribution in [0.3, 0.4) is 0 Å². The van der Waals surface area contributed by atoms with Crippen molar-refractivity contribution in [2.45, 2.75) is 45.6 Å². The molecule has 3 aromatic carbocycles. The van der Waals surface area contributed by atoms with Gasteiger partial charge in [0.25, 0.3) is 5.82 Å². The molecule has 0 radical (unpaired) electrons. The molecule has 1 aliphatic rings. The van der Waals surface area contributed by atoms with Crippen LogP contribution >= 0.6 is 0 Å². The maximum Gasteiger partial charge on any atom is 0.314 e. The maximum absolute atomic E-state index is 5.46. The van der Waals surface area contributed by atoms with Gasteiger partial charge in [-0.15, -0.1) is 4.68 Å². The smallest absolute Gasteiger partial charge is 0.190 e. The van der Waals surface area contributed by atoms with E-state index in [4.69, 9.17) is 5.10 Å². The number of nitrogens with zero attached hydrogens (tertiary/aromatic N) is 3. The van der Waals surface area contributed by atoms with Crippen LogP contribution in [0.1, 0.15) is 50.6 Å². The Hall–Kier alpha value is -3.98. The number of hydrogen-bond donors (Lipinski definition) is 0. The Labute approximate surface area is 214 Å². The first-order valence-electron chi connectivity index (χ1n) is 12.9. The number of allylic oxidation sites excluding steroid dienone is 5. The second-order valence-electron chi connectivity index (χ2n) is 9.39. The van der Waals surface area contributed by atoms with Crippen LogP contribution in [-0.2, 0) is 12.0 Å². The fraction of sp³-hybridized carbons (Fsp3) is 0.212. The van der Waals surface area contributed by atoms with E-state index in [-0.39, 0.29) is 5.54 Å². The lowest BCUT2D eigenvalue weighted by molar-refractivity contribution is -0.587. The third-order valence-electron chi connectivity index (χ3n) is 7.53. The monoisotopic (exact) mass is 472 g/mol. The lowest BCUT2D eigenvalue weighted by Gasteiger charge is -2.32. The predicted molar refractivity (Wildman–Crippen MR) is 150 cm³/mol. The summed E-state index contributed by atoms with van der Waals surface area (Å²) >= 11 is 0. The van der Waals surface area contributed by atoms with Crippen molar-refractivity contribution in [3.63, 3.8) is 0 Å². The van der Waals surface area contributed by atoms with E-state index in [1.165, 1.54) is 11.1 Å². The quantitative estimate of drug-likeness (QED) is 0.201. The van der Waals surface area contributed by atoms with Crippen LogP contribution in [0, 0.1) is 0 Å². The van der Waals surface area contributed by atoms with Crippen LogP contribution in [0.15, 0.2) is 110 Å². The fourth-order valence-electron chi connectivity index (χ4n) is 5.52. The number of aromatic nitrogens is 3. The summed E-state index contributed by atoms with van der Waals surface area (Å²) in [7, 11) is 0. The van der Waals surface area contributed by atoms with Gasteiger partial charge in [0.05, 0.1) is 11.1 Å². The van der Waals surface area contributed by atoms with E-state index in [0.717, 1.165) is 53.3 Å². The van der Waals surface area contributed by atoms with Gasteiger partial charge >= 0.3 is 5.82 Å². The van der Waals surface area contributed by atoms with E-state index in [1.807, 2.05) is 12.1 Å². The molecule has 5 rings (SSSR count). The number of benzene rings is 3. The SMILES string of the molecule is C=CC(=C(C=CC)c1nn2c([n+]1-c1ccccc1)-c1ccccc1CC2(CC)CC)c1ccccc1. The maximum atomic E-state index is 5.46. The molecule has 0 spiro atoms. The second-order valence-corrected chi connectivity index (χ2v) is 9.39. The van der Waals surface area contributed by atoms with Crippen LogP contribution < -0.4 is 4.57 Å². The number of hydrogen-bond acceptors (Lipinski definition) is 1. The summed E-state index contributed by atoms with van der Waals surface area (Å²) < 4.78 is 4.67. The van der Waals surface area contributed by atoms with Gasteiger partial charge < -0.3 is 0 Å². The Morgan fingerprint density at radius 2 is 1.56 bits per heavy atom. The summed E-state index contributed by atoms with van der Waals surface area (Å²) in [6.45, 7) is 10.9. The molecular weight excluding hydrogens is 438 g/mol. The van der Waals surface area contributed by atoms with Crippen molar-refractivity contribution in [2.24, 2.45) is 0 Å². The zero-order valence-corrected chi connectivity index (χ0v) is 21.5. The molecule has 0 aliphatic carbocycles. The topological polar surface area (TPSA) is 21.7 Å². The fourth-order valence-corrected chi connectivity index (χ4v) is 5.52. The first-order chi connectivity index (χ1) is 17.7. The highest BCUT2D eigenvalue weighted by Gasteiger charge is 2.46. The van der Waals surface area contributed by atoms with Crippen LogP contribution in [0.2, 0.25) is 0 Å². The average Bonchev–Trinajstić information content (AvgIpc) is 3.35. The lowest BCUT2D eigenvalue weighted by Crippen LogP contribution is -2.43. The molecule has 0 bridgehead atoms. The normalized spacial score (nSPS) is 14.8. The van der Waals surface area contributed by atoms with Gasteiger partial charge in [0, 0.05) is 11.5 Å². The Kier molecular flexibility index (Phi) is 6.56. The standard InChI is InChI=1S/C33H34N3/c1-5-17-30(28(6-2)25-18-11-9-12-19-25)31-34-36-32(35(31)27-21-13-10-14-22-27)29-23-16-15-20-26(29)24-33(36,7-3)8-4/h5-6,9-23H,2,7-8,24H2,1,3-4H3/q+1. The van der Waals surface area contributed by atoms with Gasteiger partial charge in [0.2, 0.25) is 0 Å². The Morgan fingerprint density at radius 3 is 2.19 bits per heavy atom. The average molecular weight is 473 g/mol. The molecule has 36 heavy (non-hydrogen) atoms. The Morgan fingerprint density at radius 1 is 0.917 bits per heavy atom. The van der Waals surface area contributed by atoms with E-state index in [0.29, 0.717) is 0 Å². The molecule has 0 saturated heterocycles. The predicted octanol–water partition coefficient (Wildman–Crippen LogP) is 7.57. The zero-order valence-electron chi connectivity index (χ0n) is 21.5. The third-order valence-corrected chi connectivity index (χ3v) is 7.53. The first kappa shape index (κ1) is 23.7. The van der Waals surface area contributed by atoms with Gasteiger partial charge in [0.1, 0.15) is 11.2 Å². The first-order valence-corrected chi connectivity index (χ1v) is 12.9. The summed E-state index contributed by atoms with van der Waals surface area (Å²) in [6.07, 6.45) is 9.22. The minimum absolute atomic E-state index is 0.0827. The van der Waals surface area contributed by atoms with Crippen LogP contribution in [0.4, 0.5) is 0 Å². The molecule has 0 unspecified atom stereocenters. The van der Waals surface area contributed by atoms with Crippen molar-refractivity contribution in [3.8, 4) is 17.1 Å². The van der Waals surface area contributed by atoms with Crippen LogP contribution in [0.5, 0.6) is 0 Å². The molecule has 0 N–H and O–H groups in total. The summed E-state index contributed by atoms with van der Waals surface area (Å²) in [6, 6.07) is 29.9. The zero-order chi connectivity index (χ0) is 25.1. The minimum Gasteiger partial charge on any atom is -0.190 e. The molecule has 0 saturated carbocycles. The van der Waals surface area contributed by atoms with Gasteiger partial charge in [-0.2, -0.15) is 4.57 Å². The molecule has 2 heterocycles. The lowest BCUT2D eigenvalue weighted by atomic mass is 9.81. The van der Waals surface area contributed by atoms with Gasteiger partial charge in [-0.1, -0.05) is 105 Å². The molecule has 0 amide bonds. The second kappa shape index (κ2) is 9.94. The summed E-state index contributed by atoms with van der Waals surface area (Å²) in [4.78, 5) is 0. The molecule has 3 nitrogen and oxygen atoms in total. The van der Waals surface area contributed by atoms with E-state index >= 15 is 0 Å². The molecule has 1 aliphatic heterocycles. The van der Waals surface area contributed by atoms with Crippen molar-refractivity contribution in [1.82, 2.24) is 9.78 Å². The molecule has 1 aromatic heterocycles. The number of rotatable bonds is 7. The largest absolute Gasteiger partial charge is 0.314 e. The number of para-hydroxylation sites is 1. The van der Waals surface area contributed by atoms with Gasteiger partial charge in [-0.05, 0) is 54.7 Å². The van der Waals surface area contributed by atoms with Crippen LogP contribution in [-0.4, -0.2) is 9.78 Å². The van der Waals surface area contributed by atoms with Gasteiger partial charge in [-0.3, -0.25) is 0 Å². The van der Waals surface area contributed by atoms with Crippen LogP contribution in [0.25, 0.3) is 28.2 Å². The highest BCUT2D eigenvalue weighted by Crippen LogP contribution is 2.41. The Bertz CT molecular complexity index is 1440. The minimum atomic E-state index is -0.0827. The number of fused-ring (bicyclic) bond motifs is 3. The summed E-state index contributed by atoms with van der Waals surface area (Å²) in [5.41, 5.74) is 6.91. The Balaban J connectivity index is 1.94. The summed E-state index contributed by atoms with van der Waals surface area (Å²) in [5, 5.41) is 5.46. The third kappa shape index (κ3) is 3.85. The van der Waals surface area contributed by atoms with E-state index < -0.39 is 0 Å². The van der Waals surface area contributed by atoms with E-state index in [1.54, 1.807) is 0 Å². The molecule has 0 atom stereocenters. The molecular formula is C33H34N3+. The van der Waals surface area contributed by atoms with Crippen molar-refractivity contribution in [3.05, 3.63) is 127 Å². The van der Waals surface area contributed by atoms with Crippen molar-refractivity contribution in [1.29, 1.82) is 0 Å². The van der Waals surface area contributed by atoms with Crippen molar-refractivity contribution in [2.75, 3.05) is 0 Å². The molecule has 4 aromatic rings. The van der Waals surface area contributed by atoms with Crippen molar-refractivity contribution < 1.29 is 4.57 Å². The molecule has 3 heteroatoms. The van der Waals surface area contributed by atoms with Gasteiger partial charge in [-0.25, -0.2) is 0 Å². The molecule has 0 fully saturated rings. The summed E-state index contributed by atoms with van der Waals surface area (Å²) in [5.74, 6) is 2.07.